The van der Waals surface area contributed by atoms with Crippen molar-refractivity contribution < 1.29 is 64.3 Å². The van der Waals surface area contributed by atoms with Crippen LogP contribution in [0.2, 0.25) is 0 Å². The Morgan fingerprint density at radius 1 is 0.644 bits per heavy atom. The maximum Gasteiger partial charge on any atom is 0.321 e. The average Bonchev–Trinajstić information content (AvgIpc) is 3.00. The van der Waals surface area contributed by atoms with E-state index >= 15 is 0 Å². The van der Waals surface area contributed by atoms with Gasteiger partial charge in [0, 0.05) is 0 Å². The standard InChI is InChI=1S/C32H58O13/c1-5-7-9-11-13-15-17-21(34)25(37)22(20(33)16-14-12-10-8-6-2)30(41)45-32-29(27(39)24(36)19(4)43-32)44-31-28(40)26(38)23(35)18(3)42-31/h18-24,26-29,31-36,38-40H,5-17H2,1-4H3/t18-,19-,20?,21?,22?,23-,24-,26+,27+,28+,29+,31-,32-/m0/s1. The molecule has 7 N–H and O–H groups in total. The zero-order chi connectivity index (χ0) is 33.7. The lowest BCUT2D eigenvalue weighted by Gasteiger charge is -2.45. The normalized spacial score (nSPS) is 34.2. The number of rotatable bonds is 20. The number of esters is 1. The SMILES string of the molecule is CCCCCCCCC(O)C(=O)C(C(=O)O[C@@H]1O[C@@H](C)[C@H](O)[C@@H](O)[C@H]1O[C@@H]1O[C@@H](C)[C@H](O)[C@@H](O)[C@H]1O)C(O)CCCCCCC. The van der Waals surface area contributed by atoms with Gasteiger partial charge in [-0.2, -0.15) is 0 Å². The maximum absolute atomic E-state index is 13.6. The molecular formula is C32H58O13. The number of hydrogen-bond donors (Lipinski definition) is 7. The first-order valence-corrected chi connectivity index (χ1v) is 16.8. The van der Waals surface area contributed by atoms with E-state index in [1.807, 2.05) is 0 Å². The molecule has 0 spiro atoms. The van der Waals surface area contributed by atoms with Crippen LogP contribution in [0.15, 0.2) is 0 Å². The van der Waals surface area contributed by atoms with Gasteiger partial charge >= 0.3 is 5.97 Å². The second-order valence-corrected chi connectivity index (χ2v) is 12.6. The van der Waals surface area contributed by atoms with Crippen molar-refractivity contribution in [1.29, 1.82) is 0 Å². The number of Topliss-reactive ketones (excluding diaryl/α,β-unsaturated/α-hetero) is 1. The van der Waals surface area contributed by atoms with Crippen molar-refractivity contribution >= 4 is 11.8 Å². The zero-order valence-corrected chi connectivity index (χ0v) is 27.3. The number of carbonyl (C=O) groups is 2. The minimum atomic E-state index is -1.77. The summed E-state index contributed by atoms with van der Waals surface area (Å²) in [6.07, 6.45) is -8.00. The summed E-state index contributed by atoms with van der Waals surface area (Å²) in [6.45, 7) is 7.01. The van der Waals surface area contributed by atoms with E-state index < -0.39 is 91.3 Å². The van der Waals surface area contributed by atoms with E-state index in [9.17, 15) is 45.3 Å². The Morgan fingerprint density at radius 3 is 1.71 bits per heavy atom. The van der Waals surface area contributed by atoms with Gasteiger partial charge < -0.3 is 54.7 Å². The molecule has 0 amide bonds. The van der Waals surface area contributed by atoms with Crippen LogP contribution in [0.3, 0.4) is 0 Å². The van der Waals surface area contributed by atoms with Crippen LogP contribution in [0.1, 0.15) is 111 Å². The number of aliphatic hydroxyl groups is 7. The molecule has 13 nitrogen and oxygen atoms in total. The molecule has 13 heteroatoms. The van der Waals surface area contributed by atoms with E-state index in [0.717, 1.165) is 57.8 Å². The number of carbonyl (C=O) groups excluding carboxylic acids is 2. The second kappa shape index (κ2) is 20.2. The minimum Gasteiger partial charge on any atom is -0.432 e. The Kier molecular flexibility index (Phi) is 17.9. The van der Waals surface area contributed by atoms with Crippen LogP contribution in [0.4, 0.5) is 0 Å². The molecule has 2 heterocycles. The van der Waals surface area contributed by atoms with Crippen molar-refractivity contribution in [1.82, 2.24) is 0 Å². The Hall–Kier alpha value is -1.26. The van der Waals surface area contributed by atoms with Gasteiger partial charge in [0.2, 0.25) is 6.29 Å². The molecule has 2 aliphatic rings. The van der Waals surface area contributed by atoms with Crippen molar-refractivity contribution in [3.05, 3.63) is 0 Å². The topological polar surface area (TPSA) is 213 Å². The fourth-order valence-electron chi connectivity index (χ4n) is 5.76. The largest absolute Gasteiger partial charge is 0.432 e. The van der Waals surface area contributed by atoms with E-state index in [2.05, 4.69) is 13.8 Å². The third-order valence-electron chi connectivity index (χ3n) is 8.82. The molecule has 2 rings (SSSR count). The first-order valence-electron chi connectivity index (χ1n) is 16.8. The van der Waals surface area contributed by atoms with Crippen LogP contribution in [-0.4, -0.2) is 121 Å². The zero-order valence-electron chi connectivity index (χ0n) is 27.3. The predicted octanol–water partition coefficient (Wildman–Crippen LogP) is 1.23. The molecule has 45 heavy (non-hydrogen) atoms. The van der Waals surface area contributed by atoms with Gasteiger partial charge in [0.05, 0.1) is 18.3 Å². The molecule has 3 unspecified atom stereocenters. The summed E-state index contributed by atoms with van der Waals surface area (Å²) >= 11 is 0. The highest BCUT2D eigenvalue weighted by molar-refractivity contribution is 6.01. The fourth-order valence-corrected chi connectivity index (χ4v) is 5.76. The fraction of sp³-hybridized carbons (Fsp3) is 0.938. The first kappa shape index (κ1) is 39.9. The van der Waals surface area contributed by atoms with Gasteiger partial charge in [-0.3, -0.25) is 9.59 Å². The molecule has 0 bridgehead atoms. The number of aliphatic hydroxyl groups excluding tert-OH is 7. The Balaban J connectivity index is 2.21. The van der Waals surface area contributed by atoms with Crippen molar-refractivity contribution in [3.8, 4) is 0 Å². The molecule has 0 aromatic carbocycles. The molecular weight excluding hydrogens is 592 g/mol. The summed E-state index contributed by atoms with van der Waals surface area (Å²) in [5.41, 5.74) is 0. The van der Waals surface area contributed by atoms with Crippen LogP contribution >= 0.6 is 0 Å². The summed E-state index contributed by atoms with van der Waals surface area (Å²) < 4.78 is 22.3. The van der Waals surface area contributed by atoms with Crippen molar-refractivity contribution in [2.24, 2.45) is 5.92 Å². The number of ether oxygens (including phenoxy) is 4. The van der Waals surface area contributed by atoms with E-state index in [4.69, 9.17) is 18.9 Å². The van der Waals surface area contributed by atoms with Gasteiger partial charge in [-0.05, 0) is 26.7 Å². The van der Waals surface area contributed by atoms with Crippen molar-refractivity contribution in [3.63, 3.8) is 0 Å². The minimum absolute atomic E-state index is 0.113. The van der Waals surface area contributed by atoms with E-state index in [-0.39, 0.29) is 12.8 Å². The smallest absolute Gasteiger partial charge is 0.321 e. The van der Waals surface area contributed by atoms with Crippen LogP contribution in [0.5, 0.6) is 0 Å². The van der Waals surface area contributed by atoms with Crippen LogP contribution in [0.25, 0.3) is 0 Å². The summed E-state index contributed by atoms with van der Waals surface area (Å²) in [4.78, 5) is 27.0. The molecule has 264 valence electrons. The maximum atomic E-state index is 13.6. The lowest BCUT2D eigenvalue weighted by molar-refractivity contribution is -0.357. The van der Waals surface area contributed by atoms with Crippen molar-refractivity contribution in [2.75, 3.05) is 0 Å². The first-order chi connectivity index (χ1) is 21.3. The summed E-state index contributed by atoms with van der Waals surface area (Å²) in [5.74, 6) is -3.83. The highest BCUT2D eigenvalue weighted by Gasteiger charge is 2.51. The van der Waals surface area contributed by atoms with Crippen LogP contribution < -0.4 is 0 Å². The average molecular weight is 651 g/mol. The lowest BCUT2D eigenvalue weighted by Crippen LogP contribution is -2.63. The van der Waals surface area contributed by atoms with Crippen molar-refractivity contribution in [2.45, 2.75) is 185 Å². The van der Waals surface area contributed by atoms with Gasteiger partial charge in [0.1, 0.15) is 42.5 Å². The van der Waals surface area contributed by atoms with Gasteiger partial charge in [-0.15, -0.1) is 0 Å². The molecule has 13 atom stereocenters. The third-order valence-corrected chi connectivity index (χ3v) is 8.82. The van der Waals surface area contributed by atoms with Gasteiger partial charge in [-0.25, -0.2) is 0 Å². The summed E-state index contributed by atoms with van der Waals surface area (Å²) in [7, 11) is 0. The second-order valence-electron chi connectivity index (χ2n) is 12.6. The van der Waals surface area contributed by atoms with E-state index in [1.54, 1.807) is 0 Å². The Morgan fingerprint density at radius 2 is 1.13 bits per heavy atom. The highest BCUT2D eigenvalue weighted by Crippen LogP contribution is 2.31. The molecule has 2 saturated heterocycles. The summed E-state index contributed by atoms with van der Waals surface area (Å²) in [6, 6.07) is 0. The lowest BCUT2D eigenvalue weighted by atomic mass is 9.88. The van der Waals surface area contributed by atoms with Crippen LogP contribution in [0, 0.1) is 5.92 Å². The van der Waals surface area contributed by atoms with E-state index in [0.29, 0.717) is 12.8 Å². The predicted molar refractivity (Wildman–Crippen MR) is 162 cm³/mol. The van der Waals surface area contributed by atoms with Crippen LogP contribution in [-0.2, 0) is 28.5 Å². The molecule has 0 saturated carbocycles. The molecule has 0 aliphatic carbocycles. The third kappa shape index (κ3) is 11.7. The number of ketones is 1. The molecule has 2 fully saturated rings. The summed E-state index contributed by atoms with van der Waals surface area (Å²) in [5, 5.41) is 73.7. The van der Waals surface area contributed by atoms with E-state index in [1.165, 1.54) is 13.8 Å². The molecule has 0 aromatic heterocycles. The molecule has 0 radical (unpaired) electrons. The number of hydrogen-bond acceptors (Lipinski definition) is 13. The monoisotopic (exact) mass is 650 g/mol. The van der Waals surface area contributed by atoms with Gasteiger partial charge in [0.25, 0.3) is 0 Å². The van der Waals surface area contributed by atoms with Gasteiger partial charge in [-0.1, -0.05) is 84.5 Å². The Bertz CT molecular complexity index is 859. The number of unbranched alkanes of at least 4 members (excludes halogenated alkanes) is 9. The molecule has 2 aliphatic heterocycles. The quantitative estimate of drug-likeness (QED) is 0.0562. The highest BCUT2D eigenvalue weighted by atomic mass is 16.8. The molecule has 0 aromatic rings. The Labute approximate surface area is 266 Å². The van der Waals surface area contributed by atoms with Gasteiger partial charge in [0.15, 0.2) is 18.2 Å².